The molecule has 6 heteroatoms. The van der Waals surface area contributed by atoms with Crippen molar-refractivity contribution in [2.75, 3.05) is 22.5 Å². The molecule has 0 radical (unpaired) electrons. The number of aryl methyl sites for hydroxylation is 1. The molecule has 0 spiro atoms. The van der Waals surface area contributed by atoms with Crippen LogP contribution in [0, 0.1) is 6.92 Å². The Morgan fingerprint density at radius 1 is 1.33 bits per heavy atom. The molecule has 2 aromatic heterocycles. The Morgan fingerprint density at radius 3 is 2.88 bits per heavy atom. The topological polar surface area (TPSA) is 80.0 Å². The van der Waals surface area contributed by atoms with Crippen LogP contribution in [0.1, 0.15) is 36.6 Å². The first-order valence-electron chi connectivity index (χ1n) is 8.35. The monoisotopic (exact) mass is 324 g/mol. The number of hydrogen-bond donors (Lipinski definition) is 2. The second-order valence-electron chi connectivity index (χ2n) is 6.15. The van der Waals surface area contributed by atoms with Crippen molar-refractivity contribution in [3.63, 3.8) is 0 Å². The van der Waals surface area contributed by atoms with Crippen LogP contribution >= 0.6 is 0 Å². The predicted octanol–water partition coefficient (Wildman–Crippen LogP) is 3.05. The molecule has 0 bridgehead atoms. The number of fused-ring (bicyclic) bond motifs is 1. The first-order chi connectivity index (χ1) is 11.6. The summed E-state index contributed by atoms with van der Waals surface area (Å²) in [5.41, 5.74) is 10.2. The van der Waals surface area contributed by atoms with E-state index in [2.05, 4.69) is 44.7 Å². The Balaban J connectivity index is 1.85. The molecule has 0 aliphatic carbocycles. The van der Waals surface area contributed by atoms with Crippen LogP contribution < -0.4 is 16.0 Å². The van der Waals surface area contributed by atoms with Crippen molar-refractivity contribution in [3.8, 4) is 0 Å². The quantitative estimate of drug-likeness (QED) is 0.795. The van der Waals surface area contributed by atoms with Gasteiger partial charge in [0, 0.05) is 36.1 Å². The lowest BCUT2D eigenvalue weighted by Gasteiger charge is -2.20. The van der Waals surface area contributed by atoms with E-state index in [9.17, 15) is 0 Å². The highest BCUT2D eigenvalue weighted by atomic mass is 15.3. The summed E-state index contributed by atoms with van der Waals surface area (Å²) in [5.74, 6) is 1.97. The van der Waals surface area contributed by atoms with Gasteiger partial charge >= 0.3 is 0 Å². The lowest BCUT2D eigenvalue weighted by atomic mass is 10.2. The van der Waals surface area contributed by atoms with Gasteiger partial charge in [-0.25, -0.2) is 0 Å². The molecule has 0 amide bonds. The Morgan fingerprint density at radius 2 is 2.17 bits per heavy atom. The van der Waals surface area contributed by atoms with Crippen LogP contribution in [0.25, 0.3) is 0 Å². The van der Waals surface area contributed by atoms with E-state index >= 15 is 0 Å². The van der Waals surface area contributed by atoms with E-state index in [1.807, 2.05) is 19.2 Å². The molecular weight excluding hydrogens is 300 g/mol. The van der Waals surface area contributed by atoms with E-state index in [1.165, 1.54) is 0 Å². The molecule has 3 heterocycles. The number of nitrogens with two attached hydrogens (primary N) is 1. The Bertz CT molecular complexity index is 738. The molecule has 1 aliphatic rings. The summed E-state index contributed by atoms with van der Waals surface area (Å²) in [5, 5.41) is 3.25. The fourth-order valence-corrected chi connectivity index (χ4v) is 2.75. The Labute approximate surface area is 142 Å². The van der Waals surface area contributed by atoms with Crippen molar-refractivity contribution < 1.29 is 0 Å². The maximum absolute atomic E-state index is 6.14. The summed E-state index contributed by atoms with van der Waals surface area (Å²) >= 11 is 0. The molecule has 3 rings (SSSR count). The normalized spacial score (nSPS) is 13.2. The van der Waals surface area contributed by atoms with E-state index in [0.29, 0.717) is 24.7 Å². The first-order valence-corrected chi connectivity index (χ1v) is 8.35. The molecule has 126 valence electrons. The van der Waals surface area contributed by atoms with E-state index in [4.69, 9.17) is 5.73 Å². The van der Waals surface area contributed by atoms with Crippen LogP contribution in [0.3, 0.4) is 0 Å². The molecule has 0 unspecified atom stereocenters. The molecule has 0 saturated carbocycles. The molecule has 0 fully saturated rings. The standard InChI is InChI=1S/C18H24N6/c1-4-5-8-20-18-22-16(19)15-9-13(3)24(17(15)23-18)11-14-7-6-12(2)21-10-14/h6-7,10H,3-5,8-9,11H2,1-2H3,(H3,19,20,22,23). The minimum Gasteiger partial charge on any atom is -0.383 e. The highest BCUT2D eigenvalue weighted by Gasteiger charge is 2.28. The van der Waals surface area contributed by atoms with Gasteiger partial charge in [-0.2, -0.15) is 9.97 Å². The average molecular weight is 324 g/mol. The number of nitrogens with one attached hydrogen (secondary N) is 1. The first kappa shape index (κ1) is 16.2. The van der Waals surface area contributed by atoms with Gasteiger partial charge in [0.25, 0.3) is 0 Å². The summed E-state index contributed by atoms with van der Waals surface area (Å²) in [6.07, 6.45) is 4.78. The van der Waals surface area contributed by atoms with Gasteiger partial charge < -0.3 is 16.0 Å². The molecule has 0 aromatic carbocycles. The Hall–Kier alpha value is -2.63. The number of nitrogen functional groups attached to an aromatic ring is 1. The number of rotatable bonds is 6. The van der Waals surface area contributed by atoms with Gasteiger partial charge in [-0.05, 0) is 25.0 Å². The zero-order valence-corrected chi connectivity index (χ0v) is 14.3. The van der Waals surface area contributed by atoms with Crippen LogP contribution in [-0.4, -0.2) is 21.5 Å². The van der Waals surface area contributed by atoms with Crippen LogP contribution in [0.4, 0.5) is 17.6 Å². The van der Waals surface area contributed by atoms with Crippen molar-refractivity contribution in [1.82, 2.24) is 15.0 Å². The van der Waals surface area contributed by atoms with Gasteiger partial charge in [-0.3, -0.25) is 4.98 Å². The maximum atomic E-state index is 6.14. The van der Waals surface area contributed by atoms with Crippen LogP contribution in [0.2, 0.25) is 0 Å². The average Bonchev–Trinajstić information content (AvgIpc) is 2.87. The second-order valence-corrected chi connectivity index (χ2v) is 6.15. The van der Waals surface area contributed by atoms with Gasteiger partial charge in [0.15, 0.2) is 0 Å². The molecule has 24 heavy (non-hydrogen) atoms. The van der Waals surface area contributed by atoms with Crippen molar-refractivity contribution in [2.24, 2.45) is 0 Å². The highest BCUT2D eigenvalue weighted by Crippen LogP contribution is 2.36. The summed E-state index contributed by atoms with van der Waals surface area (Å²) in [6, 6.07) is 4.10. The third kappa shape index (κ3) is 3.32. The number of unbranched alkanes of at least 4 members (excludes halogenated alkanes) is 1. The van der Waals surface area contributed by atoms with Gasteiger partial charge in [0.2, 0.25) is 5.95 Å². The highest BCUT2D eigenvalue weighted by molar-refractivity contribution is 5.68. The van der Waals surface area contributed by atoms with Gasteiger partial charge in [-0.15, -0.1) is 0 Å². The van der Waals surface area contributed by atoms with Gasteiger partial charge in [0.1, 0.15) is 11.6 Å². The number of allylic oxidation sites excluding steroid dienone is 1. The van der Waals surface area contributed by atoms with Crippen LogP contribution in [0.5, 0.6) is 0 Å². The Kier molecular flexibility index (Phi) is 4.64. The van der Waals surface area contributed by atoms with E-state index < -0.39 is 0 Å². The number of nitrogens with zero attached hydrogens (tertiary/aromatic N) is 4. The summed E-state index contributed by atoms with van der Waals surface area (Å²) in [6.45, 7) is 9.84. The van der Waals surface area contributed by atoms with Crippen molar-refractivity contribution in [2.45, 2.75) is 39.7 Å². The number of aromatic nitrogens is 3. The minimum absolute atomic E-state index is 0.532. The minimum atomic E-state index is 0.532. The van der Waals surface area contributed by atoms with Crippen molar-refractivity contribution in [3.05, 3.63) is 47.4 Å². The molecule has 3 N–H and O–H groups in total. The lowest BCUT2D eigenvalue weighted by Crippen LogP contribution is -2.19. The zero-order chi connectivity index (χ0) is 17.1. The maximum Gasteiger partial charge on any atom is 0.226 e. The summed E-state index contributed by atoms with van der Waals surface area (Å²) in [4.78, 5) is 15.5. The number of anilines is 3. The molecule has 1 aliphatic heterocycles. The lowest BCUT2D eigenvalue weighted by molar-refractivity contribution is 0.825. The van der Waals surface area contributed by atoms with Gasteiger partial charge in [-0.1, -0.05) is 26.0 Å². The molecule has 0 saturated heterocycles. The smallest absolute Gasteiger partial charge is 0.226 e. The van der Waals surface area contributed by atoms with Crippen LogP contribution in [0.15, 0.2) is 30.6 Å². The second kappa shape index (κ2) is 6.86. The number of hydrogen-bond acceptors (Lipinski definition) is 6. The van der Waals surface area contributed by atoms with Gasteiger partial charge in [0.05, 0.1) is 6.54 Å². The largest absolute Gasteiger partial charge is 0.383 e. The molecule has 0 atom stereocenters. The molecular formula is C18H24N6. The summed E-state index contributed by atoms with van der Waals surface area (Å²) in [7, 11) is 0. The van der Waals surface area contributed by atoms with Crippen molar-refractivity contribution >= 4 is 17.6 Å². The third-order valence-electron chi connectivity index (χ3n) is 4.16. The van der Waals surface area contributed by atoms with Crippen molar-refractivity contribution in [1.29, 1.82) is 0 Å². The SMILES string of the molecule is C=C1Cc2c(N)nc(NCCCC)nc2N1Cc1ccc(C)nc1. The third-order valence-corrected chi connectivity index (χ3v) is 4.16. The van der Waals surface area contributed by atoms with Crippen LogP contribution in [-0.2, 0) is 13.0 Å². The van der Waals surface area contributed by atoms with E-state index in [-0.39, 0.29) is 0 Å². The van der Waals surface area contributed by atoms with E-state index in [0.717, 1.165) is 47.7 Å². The fraction of sp³-hybridized carbons (Fsp3) is 0.389. The fourth-order valence-electron chi connectivity index (χ4n) is 2.75. The zero-order valence-electron chi connectivity index (χ0n) is 14.3. The van der Waals surface area contributed by atoms with E-state index in [1.54, 1.807) is 0 Å². The molecule has 2 aromatic rings. The molecule has 6 nitrogen and oxygen atoms in total. The number of pyridine rings is 1. The summed E-state index contributed by atoms with van der Waals surface area (Å²) < 4.78 is 0. The predicted molar refractivity (Wildman–Crippen MR) is 97.8 cm³/mol.